The van der Waals surface area contributed by atoms with Gasteiger partial charge in [-0.05, 0) is 19.4 Å². The molecule has 0 aromatic heterocycles. The Morgan fingerprint density at radius 2 is 1.88 bits per heavy atom. The number of anilines is 1. The van der Waals surface area contributed by atoms with Crippen molar-refractivity contribution >= 4 is 11.7 Å². The van der Waals surface area contributed by atoms with Crippen LogP contribution in [0.1, 0.15) is 22.8 Å². The van der Waals surface area contributed by atoms with Crippen molar-refractivity contribution in [1.82, 2.24) is 0 Å². The predicted octanol–water partition coefficient (Wildman–Crippen LogP) is 0.365. The zero-order valence-electron chi connectivity index (χ0n) is 9.14. The summed E-state index contributed by atoms with van der Waals surface area (Å²) in [5.74, 6) is -1.48. The van der Waals surface area contributed by atoms with E-state index in [2.05, 4.69) is 0 Å². The van der Waals surface area contributed by atoms with Gasteiger partial charge in [-0.15, -0.1) is 0 Å². The molecule has 0 saturated carbocycles. The molecule has 0 aliphatic heterocycles. The average molecular weight is 225 g/mol. The van der Waals surface area contributed by atoms with E-state index in [1.807, 2.05) is 6.07 Å². The Labute approximate surface area is 93.1 Å². The molecule has 0 saturated heterocycles. The summed E-state index contributed by atoms with van der Waals surface area (Å²) < 4.78 is 0. The van der Waals surface area contributed by atoms with Gasteiger partial charge in [-0.25, -0.2) is 4.79 Å². The van der Waals surface area contributed by atoms with E-state index in [4.69, 9.17) is 10.8 Å². The summed E-state index contributed by atoms with van der Waals surface area (Å²) in [6, 6.07) is 3.39. The fourth-order valence-corrected chi connectivity index (χ4v) is 1.56. The summed E-state index contributed by atoms with van der Waals surface area (Å²) >= 11 is 0. The predicted molar refractivity (Wildman–Crippen MR) is 58.9 cm³/mol. The molecular formula is C11H15NO4. The highest BCUT2D eigenvalue weighted by molar-refractivity contribution is 5.74. The monoisotopic (exact) mass is 225 g/mol. The minimum absolute atomic E-state index is 0.243. The molecular weight excluding hydrogens is 210 g/mol. The molecule has 2 atom stereocenters. The second-order valence-corrected chi connectivity index (χ2v) is 3.81. The molecule has 0 radical (unpaired) electrons. The molecule has 0 aliphatic rings. The standard InChI is InChI=1S/C11H15NO4/c1-5-3-6(2)8(12)7(4-5)9(13)10(14)11(15)16/h3-4,9-10,13-14H,12H2,1-2H3,(H,15,16). The molecule has 0 aliphatic carbocycles. The Hall–Kier alpha value is -1.59. The number of hydrogen-bond donors (Lipinski definition) is 4. The van der Waals surface area contributed by atoms with Crippen molar-refractivity contribution in [3.63, 3.8) is 0 Å². The normalized spacial score (nSPS) is 14.5. The van der Waals surface area contributed by atoms with Gasteiger partial charge in [-0.3, -0.25) is 0 Å². The molecule has 0 bridgehead atoms. The van der Waals surface area contributed by atoms with Gasteiger partial charge in [0.1, 0.15) is 6.10 Å². The molecule has 0 fully saturated rings. The number of aliphatic hydroxyl groups excluding tert-OH is 2. The number of nitrogen functional groups attached to an aromatic ring is 1. The fraction of sp³-hybridized carbons (Fsp3) is 0.364. The largest absolute Gasteiger partial charge is 0.479 e. The number of nitrogens with two attached hydrogens (primary N) is 1. The molecule has 0 amide bonds. The molecule has 5 heteroatoms. The lowest BCUT2D eigenvalue weighted by molar-refractivity contribution is -0.153. The first-order chi connectivity index (χ1) is 7.34. The third-order valence-corrected chi connectivity index (χ3v) is 2.43. The van der Waals surface area contributed by atoms with Crippen molar-refractivity contribution in [1.29, 1.82) is 0 Å². The van der Waals surface area contributed by atoms with E-state index < -0.39 is 18.2 Å². The number of aliphatic hydroxyl groups is 2. The van der Waals surface area contributed by atoms with Crippen LogP contribution in [0.2, 0.25) is 0 Å². The van der Waals surface area contributed by atoms with Crippen LogP contribution in [0.25, 0.3) is 0 Å². The van der Waals surface area contributed by atoms with Crippen LogP contribution < -0.4 is 5.73 Å². The van der Waals surface area contributed by atoms with Crippen molar-refractivity contribution in [3.8, 4) is 0 Å². The Morgan fingerprint density at radius 3 is 2.38 bits per heavy atom. The van der Waals surface area contributed by atoms with E-state index in [1.165, 1.54) is 0 Å². The average Bonchev–Trinajstić information content (AvgIpc) is 2.21. The number of carboxylic acids is 1. The first-order valence-electron chi connectivity index (χ1n) is 4.80. The highest BCUT2D eigenvalue weighted by atomic mass is 16.4. The van der Waals surface area contributed by atoms with Crippen LogP contribution in [0.4, 0.5) is 5.69 Å². The third-order valence-electron chi connectivity index (χ3n) is 2.43. The Morgan fingerprint density at radius 1 is 1.31 bits per heavy atom. The van der Waals surface area contributed by atoms with Crippen molar-refractivity contribution in [2.24, 2.45) is 0 Å². The zero-order chi connectivity index (χ0) is 12.5. The van der Waals surface area contributed by atoms with Gasteiger partial charge in [0.25, 0.3) is 0 Å². The number of carboxylic acid groups (broad SMARTS) is 1. The Bertz CT molecular complexity index is 417. The molecule has 1 aromatic rings. The van der Waals surface area contributed by atoms with Gasteiger partial charge in [-0.1, -0.05) is 17.7 Å². The SMILES string of the molecule is Cc1cc(C)c(N)c(C(O)C(O)C(=O)O)c1. The second-order valence-electron chi connectivity index (χ2n) is 3.81. The number of hydrogen-bond acceptors (Lipinski definition) is 4. The highest BCUT2D eigenvalue weighted by Crippen LogP contribution is 2.27. The highest BCUT2D eigenvalue weighted by Gasteiger charge is 2.27. The van der Waals surface area contributed by atoms with Gasteiger partial charge in [0.15, 0.2) is 6.10 Å². The molecule has 2 unspecified atom stereocenters. The summed E-state index contributed by atoms with van der Waals surface area (Å²) in [6.07, 6.45) is -3.39. The van der Waals surface area contributed by atoms with E-state index in [0.29, 0.717) is 5.69 Å². The topological polar surface area (TPSA) is 104 Å². The lowest BCUT2D eigenvalue weighted by Gasteiger charge is -2.18. The van der Waals surface area contributed by atoms with E-state index >= 15 is 0 Å². The van der Waals surface area contributed by atoms with Crippen LogP contribution in [0.5, 0.6) is 0 Å². The molecule has 0 spiro atoms. The van der Waals surface area contributed by atoms with Crippen molar-refractivity contribution in [2.75, 3.05) is 5.73 Å². The summed E-state index contributed by atoms with van der Waals surface area (Å²) in [5.41, 5.74) is 7.86. The van der Waals surface area contributed by atoms with E-state index in [1.54, 1.807) is 19.9 Å². The smallest absolute Gasteiger partial charge is 0.335 e. The number of carbonyl (C=O) groups is 1. The van der Waals surface area contributed by atoms with Crippen LogP contribution >= 0.6 is 0 Å². The zero-order valence-corrected chi connectivity index (χ0v) is 9.14. The summed E-state index contributed by atoms with van der Waals surface area (Å²) in [5, 5.41) is 27.5. The lowest BCUT2D eigenvalue weighted by atomic mass is 9.97. The maximum atomic E-state index is 10.5. The molecule has 1 rings (SSSR count). The van der Waals surface area contributed by atoms with Crippen molar-refractivity contribution < 1.29 is 20.1 Å². The van der Waals surface area contributed by atoms with Crippen molar-refractivity contribution in [3.05, 3.63) is 28.8 Å². The quantitative estimate of drug-likeness (QED) is 0.556. The molecule has 5 nitrogen and oxygen atoms in total. The summed E-state index contributed by atoms with van der Waals surface area (Å²) in [4.78, 5) is 10.5. The maximum Gasteiger partial charge on any atom is 0.335 e. The number of aryl methyl sites for hydroxylation is 2. The first-order valence-corrected chi connectivity index (χ1v) is 4.80. The van der Waals surface area contributed by atoms with Gasteiger partial charge in [0, 0.05) is 11.3 Å². The van der Waals surface area contributed by atoms with E-state index in [9.17, 15) is 15.0 Å². The molecule has 5 N–H and O–H groups in total. The minimum atomic E-state index is -1.87. The molecule has 16 heavy (non-hydrogen) atoms. The van der Waals surface area contributed by atoms with Crippen LogP contribution in [0, 0.1) is 13.8 Å². The first kappa shape index (κ1) is 12.5. The Balaban J connectivity index is 3.17. The molecule has 0 heterocycles. The molecule has 88 valence electrons. The molecule has 1 aromatic carbocycles. The Kier molecular flexibility index (Phi) is 3.51. The van der Waals surface area contributed by atoms with Gasteiger partial charge < -0.3 is 21.1 Å². The lowest BCUT2D eigenvalue weighted by Crippen LogP contribution is -2.28. The van der Waals surface area contributed by atoms with Crippen LogP contribution in [-0.2, 0) is 4.79 Å². The maximum absolute atomic E-state index is 10.5. The van der Waals surface area contributed by atoms with E-state index in [-0.39, 0.29) is 5.56 Å². The van der Waals surface area contributed by atoms with Gasteiger partial charge in [0.2, 0.25) is 0 Å². The fourth-order valence-electron chi connectivity index (χ4n) is 1.56. The van der Waals surface area contributed by atoms with E-state index in [0.717, 1.165) is 11.1 Å². The minimum Gasteiger partial charge on any atom is -0.479 e. The second kappa shape index (κ2) is 4.51. The van der Waals surface area contributed by atoms with Crippen LogP contribution in [-0.4, -0.2) is 27.4 Å². The van der Waals surface area contributed by atoms with Gasteiger partial charge in [0.05, 0.1) is 0 Å². The number of benzene rings is 1. The third kappa shape index (κ3) is 2.32. The number of aliphatic carboxylic acids is 1. The van der Waals surface area contributed by atoms with Gasteiger partial charge >= 0.3 is 5.97 Å². The summed E-state index contributed by atoms with van der Waals surface area (Å²) in [7, 11) is 0. The van der Waals surface area contributed by atoms with Gasteiger partial charge in [-0.2, -0.15) is 0 Å². The van der Waals surface area contributed by atoms with Crippen molar-refractivity contribution in [2.45, 2.75) is 26.1 Å². The summed E-state index contributed by atoms with van der Waals surface area (Å²) in [6.45, 7) is 3.56. The number of rotatable bonds is 3. The van der Waals surface area contributed by atoms with Crippen LogP contribution in [0.15, 0.2) is 12.1 Å². The van der Waals surface area contributed by atoms with Crippen LogP contribution in [0.3, 0.4) is 0 Å².